The number of hydrogen-bond donors (Lipinski definition) is 2. The molecule has 3 nitrogen and oxygen atoms in total. The SMILES string of the molecule is CC(CC(=O)NC1CCCC1CN)c1ccccc1.Cl. The van der Waals surface area contributed by atoms with E-state index < -0.39 is 0 Å². The van der Waals surface area contributed by atoms with Crippen LogP contribution in [0.25, 0.3) is 0 Å². The minimum absolute atomic E-state index is 0. The second kappa shape index (κ2) is 8.28. The number of benzene rings is 1. The summed E-state index contributed by atoms with van der Waals surface area (Å²) < 4.78 is 0. The number of carbonyl (C=O) groups is 1. The summed E-state index contributed by atoms with van der Waals surface area (Å²) in [5, 5.41) is 3.16. The van der Waals surface area contributed by atoms with Crippen LogP contribution in [0.15, 0.2) is 30.3 Å². The van der Waals surface area contributed by atoms with Crippen molar-refractivity contribution in [2.24, 2.45) is 11.7 Å². The van der Waals surface area contributed by atoms with Gasteiger partial charge in [-0.2, -0.15) is 0 Å². The van der Waals surface area contributed by atoms with Crippen molar-refractivity contribution in [1.29, 1.82) is 0 Å². The van der Waals surface area contributed by atoms with Gasteiger partial charge in [0.2, 0.25) is 5.91 Å². The van der Waals surface area contributed by atoms with Crippen LogP contribution in [-0.4, -0.2) is 18.5 Å². The monoisotopic (exact) mass is 296 g/mol. The Morgan fingerprint density at radius 3 is 2.70 bits per heavy atom. The molecule has 1 aromatic rings. The molecular weight excluding hydrogens is 272 g/mol. The number of nitrogens with one attached hydrogen (secondary N) is 1. The Balaban J connectivity index is 0.00000200. The van der Waals surface area contributed by atoms with E-state index in [0.717, 1.165) is 12.8 Å². The summed E-state index contributed by atoms with van der Waals surface area (Å²) in [5.74, 6) is 0.886. The zero-order valence-corrected chi connectivity index (χ0v) is 12.9. The van der Waals surface area contributed by atoms with Gasteiger partial charge in [-0.05, 0) is 36.8 Å². The number of amides is 1. The van der Waals surface area contributed by atoms with Gasteiger partial charge in [0.25, 0.3) is 0 Å². The first-order valence-electron chi connectivity index (χ1n) is 7.25. The Hall–Kier alpha value is -1.06. The summed E-state index contributed by atoms with van der Waals surface area (Å²) in [7, 11) is 0. The van der Waals surface area contributed by atoms with Crippen molar-refractivity contribution >= 4 is 18.3 Å². The normalized spacial score (nSPS) is 22.9. The molecule has 0 aliphatic heterocycles. The van der Waals surface area contributed by atoms with Crippen molar-refractivity contribution < 1.29 is 4.79 Å². The van der Waals surface area contributed by atoms with Gasteiger partial charge in [-0.25, -0.2) is 0 Å². The molecule has 3 atom stereocenters. The minimum Gasteiger partial charge on any atom is -0.353 e. The van der Waals surface area contributed by atoms with Crippen LogP contribution >= 0.6 is 12.4 Å². The van der Waals surface area contributed by atoms with Gasteiger partial charge in [-0.1, -0.05) is 43.7 Å². The maximum Gasteiger partial charge on any atom is 0.220 e. The van der Waals surface area contributed by atoms with Crippen molar-refractivity contribution in [3.05, 3.63) is 35.9 Å². The third-order valence-electron chi connectivity index (χ3n) is 4.17. The molecule has 112 valence electrons. The van der Waals surface area contributed by atoms with Crippen molar-refractivity contribution in [3.63, 3.8) is 0 Å². The fourth-order valence-corrected chi connectivity index (χ4v) is 2.95. The predicted octanol–water partition coefficient (Wildman–Crippen LogP) is 2.85. The molecule has 0 heterocycles. The average Bonchev–Trinajstić information content (AvgIpc) is 2.86. The molecule has 1 aliphatic rings. The Morgan fingerprint density at radius 2 is 2.05 bits per heavy atom. The number of carbonyl (C=O) groups excluding carboxylic acids is 1. The highest BCUT2D eigenvalue weighted by Crippen LogP contribution is 2.25. The quantitative estimate of drug-likeness (QED) is 0.878. The topological polar surface area (TPSA) is 55.1 Å². The summed E-state index contributed by atoms with van der Waals surface area (Å²) in [6.45, 7) is 2.78. The van der Waals surface area contributed by atoms with E-state index in [1.807, 2.05) is 18.2 Å². The maximum atomic E-state index is 12.1. The second-order valence-electron chi connectivity index (χ2n) is 5.62. The molecule has 20 heavy (non-hydrogen) atoms. The molecule has 1 saturated carbocycles. The number of nitrogens with two attached hydrogens (primary N) is 1. The van der Waals surface area contributed by atoms with Crippen molar-refractivity contribution in [3.8, 4) is 0 Å². The number of rotatable bonds is 5. The maximum absolute atomic E-state index is 12.1. The van der Waals surface area contributed by atoms with Crippen LogP contribution in [0.5, 0.6) is 0 Å². The molecule has 0 radical (unpaired) electrons. The van der Waals surface area contributed by atoms with Crippen LogP contribution in [-0.2, 0) is 4.79 Å². The summed E-state index contributed by atoms with van der Waals surface area (Å²) in [4.78, 5) is 12.1. The van der Waals surface area contributed by atoms with Gasteiger partial charge in [-0.15, -0.1) is 12.4 Å². The van der Waals surface area contributed by atoms with Crippen LogP contribution in [0.3, 0.4) is 0 Å². The molecule has 1 amide bonds. The van der Waals surface area contributed by atoms with Crippen molar-refractivity contribution in [1.82, 2.24) is 5.32 Å². The first-order chi connectivity index (χ1) is 9.20. The zero-order valence-electron chi connectivity index (χ0n) is 12.0. The molecule has 1 fully saturated rings. The van der Waals surface area contributed by atoms with Crippen LogP contribution in [0, 0.1) is 5.92 Å². The molecule has 2 rings (SSSR count). The number of hydrogen-bond acceptors (Lipinski definition) is 2. The van der Waals surface area contributed by atoms with Gasteiger partial charge in [0.05, 0.1) is 0 Å². The molecule has 1 aliphatic carbocycles. The van der Waals surface area contributed by atoms with E-state index in [1.165, 1.54) is 12.0 Å². The molecular formula is C16H25ClN2O. The smallest absolute Gasteiger partial charge is 0.220 e. The highest BCUT2D eigenvalue weighted by atomic mass is 35.5. The highest BCUT2D eigenvalue weighted by molar-refractivity contribution is 5.85. The van der Waals surface area contributed by atoms with Crippen LogP contribution in [0.1, 0.15) is 44.1 Å². The van der Waals surface area contributed by atoms with E-state index in [4.69, 9.17) is 5.73 Å². The lowest BCUT2D eigenvalue weighted by molar-refractivity contribution is -0.122. The fourth-order valence-electron chi connectivity index (χ4n) is 2.95. The third kappa shape index (κ3) is 4.50. The van der Waals surface area contributed by atoms with E-state index in [9.17, 15) is 4.79 Å². The molecule has 4 heteroatoms. The van der Waals surface area contributed by atoms with Gasteiger partial charge >= 0.3 is 0 Å². The van der Waals surface area contributed by atoms with Crippen molar-refractivity contribution in [2.45, 2.75) is 44.6 Å². The average molecular weight is 297 g/mol. The van der Waals surface area contributed by atoms with Crippen LogP contribution < -0.4 is 11.1 Å². The number of halogens is 1. The summed E-state index contributed by atoms with van der Waals surface area (Å²) in [5.41, 5.74) is 6.96. The first kappa shape index (κ1) is 17.0. The van der Waals surface area contributed by atoms with E-state index in [0.29, 0.717) is 24.9 Å². The van der Waals surface area contributed by atoms with Gasteiger partial charge in [0, 0.05) is 12.5 Å². The Bertz CT molecular complexity index is 410. The van der Waals surface area contributed by atoms with E-state index in [2.05, 4.69) is 24.4 Å². The van der Waals surface area contributed by atoms with E-state index in [-0.39, 0.29) is 24.2 Å². The third-order valence-corrected chi connectivity index (χ3v) is 4.17. The zero-order chi connectivity index (χ0) is 13.7. The van der Waals surface area contributed by atoms with Gasteiger partial charge < -0.3 is 11.1 Å². The van der Waals surface area contributed by atoms with Gasteiger partial charge in [0.15, 0.2) is 0 Å². The van der Waals surface area contributed by atoms with E-state index >= 15 is 0 Å². The standard InChI is InChI=1S/C16H24N2O.ClH/c1-12(13-6-3-2-4-7-13)10-16(19)18-15-9-5-8-14(15)11-17;/h2-4,6-7,12,14-15H,5,8-11,17H2,1H3,(H,18,19);1H. The Kier molecular flexibility index (Phi) is 7.03. The largest absolute Gasteiger partial charge is 0.353 e. The summed E-state index contributed by atoms with van der Waals surface area (Å²) in [6, 6.07) is 10.5. The molecule has 0 saturated heterocycles. The molecule has 1 aromatic carbocycles. The Labute approximate surface area is 127 Å². The van der Waals surface area contributed by atoms with Gasteiger partial charge in [0.1, 0.15) is 0 Å². The Morgan fingerprint density at radius 1 is 1.35 bits per heavy atom. The molecule has 3 N–H and O–H groups in total. The fraction of sp³-hybridized carbons (Fsp3) is 0.562. The highest BCUT2D eigenvalue weighted by Gasteiger charge is 2.27. The van der Waals surface area contributed by atoms with Gasteiger partial charge in [-0.3, -0.25) is 4.79 Å². The van der Waals surface area contributed by atoms with Crippen molar-refractivity contribution in [2.75, 3.05) is 6.54 Å². The predicted molar refractivity (Wildman–Crippen MR) is 85.0 cm³/mol. The lowest BCUT2D eigenvalue weighted by Crippen LogP contribution is -2.40. The second-order valence-corrected chi connectivity index (χ2v) is 5.62. The lowest BCUT2D eigenvalue weighted by atomic mass is 9.97. The molecule has 0 bridgehead atoms. The van der Waals surface area contributed by atoms with Crippen LogP contribution in [0.4, 0.5) is 0 Å². The summed E-state index contributed by atoms with van der Waals surface area (Å²) >= 11 is 0. The van der Waals surface area contributed by atoms with E-state index in [1.54, 1.807) is 0 Å². The summed E-state index contributed by atoms with van der Waals surface area (Å²) in [6.07, 6.45) is 3.96. The molecule has 0 aromatic heterocycles. The molecule has 0 spiro atoms. The lowest BCUT2D eigenvalue weighted by Gasteiger charge is -2.20. The first-order valence-corrected chi connectivity index (χ1v) is 7.25. The molecule has 3 unspecified atom stereocenters. The van der Waals surface area contributed by atoms with Crippen LogP contribution in [0.2, 0.25) is 0 Å². The minimum atomic E-state index is 0.